The first kappa shape index (κ1) is 15.5. The lowest BCUT2D eigenvalue weighted by Gasteiger charge is -2.50. The highest BCUT2D eigenvalue weighted by molar-refractivity contribution is 6.29. The van der Waals surface area contributed by atoms with Crippen LogP contribution < -0.4 is 10.6 Å². The maximum absolute atomic E-state index is 6.33. The van der Waals surface area contributed by atoms with Gasteiger partial charge in [-0.05, 0) is 31.8 Å². The van der Waals surface area contributed by atoms with Crippen molar-refractivity contribution in [2.75, 3.05) is 31.1 Å². The van der Waals surface area contributed by atoms with Crippen LogP contribution in [0.3, 0.4) is 0 Å². The van der Waals surface area contributed by atoms with E-state index in [9.17, 15) is 0 Å². The van der Waals surface area contributed by atoms with Gasteiger partial charge in [-0.25, -0.2) is 15.0 Å². The second kappa shape index (κ2) is 5.63. The molecule has 4 aliphatic heterocycles. The van der Waals surface area contributed by atoms with Gasteiger partial charge < -0.3 is 14.5 Å². The molecular weight excluding hydrogens is 342 g/mol. The molecule has 2 atom stereocenters. The third-order valence-electron chi connectivity index (χ3n) is 5.67. The van der Waals surface area contributed by atoms with Crippen molar-refractivity contribution in [2.45, 2.75) is 24.8 Å². The average molecular weight is 362 g/mol. The first-order valence-electron chi connectivity index (χ1n) is 8.57. The van der Waals surface area contributed by atoms with Crippen LogP contribution in [0.1, 0.15) is 12.8 Å². The summed E-state index contributed by atoms with van der Waals surface area (Å²) in [6, 6.07) is 1.89. The van der Waals surface area contributed by atoms with E-state index in [1.54, 1.807) is 17.1 Å². The van der Waals surface area contributed by atoms with E-state index in [1.165, 1.54) is 32.3 Å². The molecule has 2 aromatic heterocycles. The fraction of sp³-hybridized carbons (Fsp3) is 0.562. The molecule has 1 spiro atoms. The first-order valence-corrected chi connectivity index (χ1v) is 8.95. The molecule has 4 aliphatic rings. The van der Waals surface area contributed by atoms with Gasteiger partial charge in [-0.1, -0.05) is 11.6 Å². The molecular formula is C16H20ClN7O. The number of hydrogen-bond donors (Lipinski definition) is 1. The lowest BCUT2D eigenvalue weighted by molar-refractivity contribution is -0.137. The van der Waals surface area contributed by atoms with Gasteiger partial charge in [0.25, 0.3) is 0 Å². The fourth-order valence-corrected chi connectivity index (χ4v) is 4.58. The van der Waals surface area contributed by atoms with Gasteiger partial charge in [0.1, 0.15) is 35.0 Å². The average Bonchev–Trinajstić information content (AvgIpc) is 3.20. The van der Waals surface area contributed by atoms with Crippen LogP contribution in [0.5, 0.6) is 0 Å². The number of hydrogen-bond acceptors (Lipinski definition) is 7. The molecule has 2 aromatic rings. The molecule has 132 valence electrons. The highest BCUT2D eigenvalue weighted by atomic mass is 35.5. The Labute approximate surface area is 150 Å². The predicted octanol–water partition coefficient (Wildman–Crippen LogP) is 0.859. The summed E-state index contributed by atoms with van der Waals surface area (Å²) in [5, 5.41) is 0.424. The third kappa shape index (κ3) is 2.52. The molecule has 2 bridgehead atoms. The lowest BCUT2D eigenvalue weighted by atomic mass is 9.75. The molecule has 2 unspecified atom stereocenters. The summed E-state index contributed by atoms with van der Waals surface area (Å²) in [6.07, 6.45) is 6.75. The van der Waals surface area contributed by atoms with Gasteiger partial charge >= 0.3 is 0 Å². The van der Waals surface area contributed by atoms with Crippen LogP contribution in [0.15, 0.2) is 24.9 Å². The zero-order chi connectivity index (χ0) is 17.0. The molecule has 0 saturated carbocycles. The minimum absolute atomic E-state index is 0.181. The largest absolute Gasteiger partial charge is 0.335 e. The number of aromatic nitrogens is 4. The van der Waals surface area contributed by atoms with Gasteiger partial charge in [-0.3, -0.25) is 10.3 Å². The molecule has 4 saturated heterocycles. The highest BCUT2D eigenvalue weighted by Crippen LogP contribution is 2.43. The minimum Gasteiger partial charge on any atom is -0.335 e. The number of imidazole rings is 1. The molecule has 8 nitrogen and oxygen atoms in total. The van der Waals surface area contributed by atoms with Crippen molar-refractivity contribution in [1.29, 1.82) is 0 Å². The predicted molar refractivity (Wildman–Crippen MR) is 92.5 cm³/mol. The minimum atomic E-state index is -0.491. The van der Waals surface area contributed by atoms with E-state index in [-0.39, 0.29) is 5.60 Å². The number of anilines is 1. The van der Waals surface area contributed by atoms with E-state index in [4.69, 9.17) is 22.1 Å². The molecule has 6 rings (SSSR count). The number of rotatable bonds is 2. The van der Waals surface area contributed by atoms with Crippen molar-refractivity contribution in [3.63, 3.8) is 0 Å². The molecule has 6 heterocycles. The maximum atomic E-state index is 6.33. The van der Waals surface area contributed by atoms with Crippen molar-refractivity contribution < 1.29 is 4.74 Å². The van der Waals surface area contributed by atoms with Crippen LogP contribution in [0, 0.1) is 5.92 Å². The van der Waals surface area contributed by atoms with Crippen LogP contribution in [0.2, 0.25) is 5.15 Å². The van der Waals surface area contributed by atoms with Gasteiger partial charge in [-0.2, -0.15) is 0 Å². The Balaban J connectivity index is 1.44. The summed E-state index contributed by atoms with van der Waals surface area (Å²) in [6.45, 7) is 4.06. The topological polar surface area (TPSA) is 85.3 Å². The van der Waals surface area contributed by atoms with Crippen LogP contribution in [0.25, 0.3) is 5.82 Å². The van der Waals surface area contributed by atoms with E-state index in [0.717, 1.165) is 18.9 Å². The SMILES string of the molecule is NC1OC2(CN3CCC2CC3)CN1c1cc(-n2cnc(Cl)c2)ncn1. The zero-order valence-corrected chi connectivity index (χ0v) is 14.5. The van der Waals surface area contributed by atoms with Gasteiger partial charge in [-0.15, -0.1) is 0 Å². The number of ether oxygens (including phenoxy) is 1. The molecule has 9 heteroatoms. The standard InChI is InChI=1S/C16H20ClN7O/c17-12-6-23(10-21-12)13-5-14(20-9-19-13)24-8-16(25-15(24)18)7-22-3-1-11(16)2-4-22/h5-6,9-11,15H,1-4,7-8,18H2. The van der Waals surface area contributed by atoms with Crippen molar-refractivity contribution in [3.8, 4) is 5.82 Å². The number of nitrogens with two attached hydrogens (primary N) is 1. The molecule has 0 aromatic carbocycles. The van der Waals surface area contributed by atoms with E-state index in [1.807, 2.05) is 11.0 Å². The first-order chi connectivity index (χ1) is 12.1. The van der Waals surface area contributed by atoms with Crippen LogP contribution in [-0.2, 0) is 4.74 Å². The Bertz CT molecular complexity index is 790. The molecule has 0 amide bonds. The molecule has 0 aliphatic carbocycles. The van der Waals surface area contributed by atoms with Gasteiger partial charge in [0.2, 0.25) is 0 Å². The Morgan fingerprint density at radius 2 is 1.96 bits per heavy atom. The molecule has 2 N–H and O–H groups in total. The zero-order valence-electron chi connectivity index (χ0n) is 13.8. The van der Waals surface area contributed by atoms with Crippen molar-refractivity contribution in [3.05, 3.63) is 30.1 Å². The van der Waals surface area contributed by atoms with Gasteiger partial charge in [0, 0.05) is 18.8 Å². The number of nitrogens with zero attached hydrogens (tertiary/aromatic N) is 6. The Morgan fingerprint density at radius 3 is 2.64 bits per heavy atom. The number of piperidine rings is 3. The summed E-state index contributed by atoms with van der Waals surface area (Å²) >= 11 is 5.90. The van der Waals surface area contributed by atoms with E-state index in [2.05, 4.69) is 19.9 Å². The van der Waals surface area contributed by atoms with Crippen LogP contribution in [-0.4, -0.2) is 62.6 Å². The van der Waals surface area contributed by atoms with E-state index < -0.39 is 6.35 Å². The number of halogens is 1. The van der Waals surface area contributed by atoms with Crippen molar-refractivity contribution in [2.24, 2.45) is 11.7 Å². The Kier molecular flexibility index (Phi) is 3.50. The second-order valence-electron chi connectivity index (χ2n) is 7.09. The van der Waals surface area contributed by atoms with E-state index in [0.29, 0.717) is 16.9 Å². The molecule has 4 fully saturated rings. The van der Waals surface area contributed by atoms with Crippen LogP contribution >= 0.6 is 11.6 Å². The second-order valence-corrected chi connectivity index (χ2v) is 7.48. The summed E-state index contributed by atoms with van der Waals surface area (Å²) < 4.78 is 8.07. The Morgan fingerprint density at radius 1 is 1.16 bits per heavy atom. The van der Waals surface area contributed by atoms with E-state index >= 15 is 0 Å². The van der Waals surface area contributed by atoms with Crippen LogP contribution in [0.4, 0.5) is 5.82 Å². The smallest absolute Gasteiger partial charge is 0.186 e. The quantitative estimate of drug-likeness (QED) is 0.849. The van der Waals surface area contributed by atoms with Gasteiger partial charge in [0.05, 0.1) is 6.54 Å². The highest BCUT2D eigenvalue weighted by Gasteiger charge is 2.54. The molecule has 25 heavy (non-hydrogen) atoms. The summed E-state index contributed by atoms with van der Waals surface area (Å²) in [4.78, 5) is 17.3. The van der Waals surface area contributed by atoms with Gasteiger partial charge in [0.15, 0.2) is 6.35 Å². The summed E-state index contributed by atoms with van der Waals surface area (Å²) in [5.74, 6) is 2.03. The summed E-state index contributed by atoms with van der Waals surface area (Å²) in [5.41, 5.74) is 6.14. The molecule has 0 radical (unpaired) electrons. The third-order valence-corrected chi connectivity index (χ3v) is 5.87. The lowest BCUT2D eigenvalue weighted by Crippen LogP contribution is -2.61. The summed E-state index contributed by atoms with van der Waals surface area (Å²) in [7, 11) is 0. The van der Waals surface area contributed by atoms with Crippen molar-refractivity contribution >= 4 is 17.4 Å². The van der Waals surface area contributed by atoms with Crippen molar-refractivity contribution in [1.82, 2.24) is 24.4 Å². The monoisotopic (exact) mass is 361 g/mol. The maximum Gasteiger partial charge on any atom is 0.186 e. The Hall–Kier alpha value is -1.74. The normalized spacial score (nSPS) is 34.2. The number of fused-ring (bicyclic) bond motifs is 2. The fourth-order valence-electron chi connectivity index (χ4n) is 4.43.